The molecule has 0 aromatic heterocycles. The zero-order valence-electron chi connectivity index (χ0n) is 10.1. The minimum Gasteiger partial charge on any atom is -0.356 e. The molecule has 0 aliphatic rings. The summed E-state index contributed by atoms with van der Waals surface area (Å²) in [5, 5.41) is 6.01. The SMILES string of the molecule is CCC(CC)CNC(=O)CCCNC.Cl. The van der Waals surface area contributed by atoms with Crippen molar-refractivity contribution in [3.63, 3.8) is 0 Å². The molecule has 0 rings (SSSR count). The van der Waals surface area contributed by atoms with E-state index in [4.69, 9.17) is 0 Å². The van der Waals surface area contributed by atoms with E-state index in [2.05, 4.69) is 24.5 Å². The van der Waals surface area contributed by atoms with Gasteiger partial charge < -0.3 is 10.6 Å². The van der Waals surface area contributed by atoms with Crippen molar-refractivity contribution in [1.29, 1.82) is 0 Å². The first-order chi connectivity index (χ1) is 6.74. The van der Waals surface area contributed by atoms with Gasteiger partial charge >= 0.3 is 0 Å². The Labute approximate surface area is 99.8 Å². The van der Waals surface area contributed by atoms with Crippen LogP contribution in [0.1, 0.15) is 39.5 Å². The number of halogens is 1. The first-order valence-corrected chi connectivity index (χ1v) is 5.65. The largest absolute Gasteiger partial charge is 0.356 e. The first-order valence-electron chi connectivity index (χ1n) is 5.65. The van der Waals surface area contributed by atoms with Crippen molar-refractivity contribution in [3.05, 3.63) is 0 Å². The fourth-order valence-electron chi connectivity index (χ4n) is 1.35. The second kappa shape index (κ2) is 11.8. The molecule has 0 unspecified atom stereocenters. The van der Waals surface area contributed by atoms with Crippen LogP contribution in [0.25, 0.3) is 0 Å². The number of rotatable bonds is 8. The summed E-state index contributed by atoms with van der Waals surface area (Å²) < 4.78 is 0. The third kappa shape index (κ3) is 10.0. The Morgan fingerprint density at radius 2 is 1.87 bits per heavy atom. The van der Waals surface area contributed by atoms with Crippen molar-refractivity contribution in [2.45, 2.75) is 39.5 Å². The molecule has 0 atom stereocenters. The summed E-state index contributed by atoms with van der Waals surface area (Å²) in [6.07, 6.45) is 3.85. The van der Waals surface area contributed by atoms with E-state index in [1.807, 2.05) is 7.05 Å². The summed E-state index contributed by atoms with van der Waals surface area (Å²) in [6, 6.07) is 0. The average molecular weight is 237 g/mol. The van der Waals surface area contributed by atoms with E-state index in [0.29, 0.717) is 12.3 Å². The van der Waals surface area contributed by atoms with Crippen LogP contribution < -0.4 is 10.6 Å². The molecule has 3 nitrogen and oxygen atoms in total. The van der Waals surface area contributed by atoms with Crippen molar-refractivity contribution < 1.29 is 4.79 Å². The number of hydrogen-bond donors (Lipinski definition) is 2. The van der Waals surface area contributed by atoms with Crippen LogP contribution in [-0.2, 0) is 4.79 Å². The van der Waals surface area contributed by atoms with E-state index in [1.54, 1.807) is 0 Å². The molecule has 0 aromatic carbocycles. The topological polar surface area (TPSA) is 41.1 Å². The van der Waals surface area contributed by atoms with Gasteiger partial charge in [0.2, 0.25) is 5.91 Å². The van der Waals surface area contributed by atoms with Crippen molar-refractivity contribution in [1.82, 2.24) is 10.6 Å². The minimum atomic E-state index is 0. The van der Waals surface area contributed by atoms with Crippen molar-refractivity contribution in [3.8, 4) is 0 Å². The molecule has 0 bridgehead atoms. The molecule has 0 saturated carbocycles. The lowest BCUT2D eigenvalue weighted by Gasteiger charge is -2.13. The van der Waals surface area contributed by atoms with Gasteiger partial charge in [-0.25, -0.2) is 0 Å². The highest BCUT2D eigenvalue weighted by Gasteiger charge is 2.05. The Kier molecular flexibility index (Phi) is 13.5. The molecule has 1 amide bonds. The van der Waals surface area contributed by atoms with Gasteiger partial charge in [0.25, 0.3) is 0 Å². The predicted molar refractivity (Wildman–Crippen MR) is 67.5 cm³/mol. The Morgan fingerprint density at radius 3 is 2.33 bits per heavy atom. The third-order valence-corrected chi connectivity index (χ3v) is 2.57. The lowest BCUT2D eigenvalue weighted by Crippen LogP contribution is -2.29. The van der Waals surface area contributed by atoms with Crippen LogP contribution in [0.3, 0.4) is 0 Å². The quantitative estimate of drug-likeness (QED) is 0.633. The molecule has 0 saturated heterocycles. The standard InChI is InChI=1S/C11H24N2O.ClH/c1-4-10(5-2)9-13-11(14)7-6-8-12-3;/h10,12H,4-9H2,1-3H3,(H,13,14);1H. The smallest absolute Gasteiger partial charge is 0.220 e. The van der Waals surface area contributed by atoms with Crippen LogP contribution in [0.15, 0.2) is 0 Å². The predicted octanol–water partition coefficient (Wildman–Crippen LogP) is 1.96. The zero-order chi connectivity index (χ0) is 10.8. The first kappa shape index (κ1) is 17.1. The maximum Gasteiger partial charge on any atom is 0.220 e. The van der Waals surface area contributed by atoms with Gasteiger partial charge in [-0.3, -0.25) is 4.79 Å². The van der Waals surface area contributed by atoms with E-state index in [-0.39, 0.29) is 18.3 Å². The summed E-state index contributed by atoms with van der Waals surface area (Å²) in [7, 11) is 1.90. The highest BCUT2D eigenvalue weighted by atomic mass is 35.5. The second-order valence-electron chi connectivity index (χ2n) is 3.69. The Balaban J connectivity index is 0. The molecule has 0 spiro atoms. The van der Waals surface area contributed by atoms with Gasteiger partial charge in [0.1, 0.15) is 0 Å². The van der Waals surface area contributed by atoms with Gasteiger partial charge in [0, 0.05) is 13.0 Å². The zero-order valence-corrected chi connectivity index (χ0v) is 11.0. The minimum absolute atomic E-state index is 0. The lowest BCUT2D eigenvalue weighted by molar-refractivity contribution is -0.121. The normalized spacial score (nSPS) is 9.87. The number of carbonyl (C=O) groups excluding carboxylic acids is 1. The third-order valence-electron chi connectivity index (χ3n) is 2.57. The van der Waals surface area contributed by atoms with Crippen molar-refractivity contribution in [2.24, 2.45) is 5.92 Å². The van der Waals surface area contributed by atoms with Gasteiger partial charge in [-0.2, -0.15) is 0 Å². The molecular formula is C11H25ClN2O. The molecule has 2 N–H and O–H groups in total. The van der Waals surface area contributed by atoms with Crippen LogP contribution in [0.5, 0.6) is 0 Å². The second-order valence-corrected chi connectivity index (χ2v) is 3.69. The molecule has 0 aliphatic carbocycles. The van der Waals surface area contributed by atoms with E-state index in [1.165, 1.54) is 0 Å². The van der Waals surface area contributed by atoms with Gasteiger partial charge in [0.05, 0.1) is 0 Å². The molecule has 0 fully saturated rings. The fourth-order valence-corrected chi connectivity index (χ4v) is 1.35. The molecule has 92 valence electrons. The molecule has 0 radical (unpaired) electrons. The number of carbonyl (C=O) groups is 1. The summed E-state index contributed by atoms with van der Waals surface area (Å²) in [6.45, 7) is 6.09. The van der Waals surface area contributed by atoms with Gasteiger partial charge in [-0.05, 0) is 25.9 Å². The van der Waals surface area contributed by atoms with E-state index < -0.39 is 0 Å². The van der Waals surface area contributed by atoms with Gasteiger partial charge in [0.15, 0.2) is 0 Å². The fraction of sp³-hybridized carbons (Fsp3) is 0.909. The van der Waals surface area contributed by atoms with Crippen LogP contribution in [-0.4, -0.2) is 26.0 Å². The number of amides is 1. The maximum absolute atomic E-state index is 11.3. The molecule has 0 heterocycles. The van der Waals surface area contributed by atoms with Gasteiger partial charge in [-0.15, -0.1) is 12.4 Å². The Hall–Kier alpha value is -0.280. The molecule has 4 heteroatoms. The number of nitrogens with one attached hydrogen (secondary N) is 2. The Morgan fingerprint density at radius 1 is 1.27 bits per heavy atom. The van der Waals surface area contributed by atoms with Crippen molar-refractivity contribution >= 4 is 18.3 Å². The van der Waals surface area contributed by atoms with Crippen LogP contribution in [0, 0.1) is 5.92 Å². The highest BCUT2D eigenvalue weighted by molar-refractivity contribution is 5.85. The summed E-state index contributed by atoms with van der Waals surface area (Å²) >= 11 is 0. The molecule has 15 heavy (non-hydrogen) atoms. The van der Waals surface area contributed by atoms with E-state index >= 15 is 0 Å². The summed E-state index contributed by atoms with van der Waals surface area (Å²) in [5.41, 5.74) is 0. The monoisotopic (exact) mass is 236 g/mol. The van der Waals surface area contributed by atoms with E-state index in [9.17, 15) is 4.79 Å². The maximum atomic E-state index is 11.3. The van der Waals surface area contributed by atoms with E-state index in [0.717, 1.165) is 32.4 Å². The van der Waals surface area contributed by atoms with Crippen molar-refractivity contribution in [2.75, 3.05) is 20.1 Å². The molecule has 0 aliphatic heterocycles. The summed E-state index contributed by atoms with van der Waals surface area (Å²) in [4.78, 5) is 11.3. The van der Waals surface area contributed by atoms with Gasteiger partial charge in [-0.1, -0.05) is 26.7 Å². The summed E-state index contributed by atoms with van der Waals surface area (Å²) in [5.74, 6) is 0.829. The molecule has 0 aromatic rings. The Bertz CT molecular complexity index is 150. The average Bonchev–Trinajstić information content (AvgIpc) is 2.20. The number of hydrogen-bond acceptors (Lipinski definition) is 2. The molecular weight excluding hydrogens is 212 g/mol. The van der Waals surface area contributed by atoms with Crippen LogP contribution in [0.4, 0.5) is 0 Å². The van der Waals surface area contributed by atoms with Crippen LogP contribution in [0.2, 0.25) is 0 Å². The highest BCUT2D eigenvalue weighted by Crippen LogP contribution is 2.05. The van der Waals surface area contributed by atoms with Crippen LogP contribution >= 0.6 is 12.4 Å². The lowest BCUT2D eigenvalue weighted by atomic mass is 10.0.